The van der Waals surface area contributed by atoms with Gasteiger partial charge >= 0.3 is 0 Å². The van der Waals surface area contributed by atoms with Crippen molar-refractivity contribution in [2.45, 2.75) is 6.04 Å². The Kier molecular flexibility index (Phi) is 3.60. The van der Waals surface area contributed by atoms with E-state index < -0.39 is 0 Å². The topological polar surface area (TPSA) is 18.6 Å². The van der Waals surface area contributed by atoms with Crippen LogP contribution in [-0.4, -0.2) is 11.2 Å². The third-order valence-corrected chi connectivity index (χ3v) is 4.10. The van der Waals surface area contributed by atoms with E-state index in [2.05, 4.69) is 76.4 Å². The van der Waals surface area contributed by atoms with Crippen LogP contribution in [0.3, 0.4) is 0 Å². The van der Waals surface area contributed by atoms with E-state index in [4.69, 9.17) is 5.22 Å². The summed E-state index contributed by atoms with van der Waals surface area (Å²) in [6, 6.07) is 31.5. The van der Waals surface area contributed by atoms with Crippen LogP contribution < -0.4 is 5.01 Å². The van der Waals surface area contributed by atoms with Crippen LogP contribution in [0.4, 0.5) is 11.4 Å². The van der Waals surface area contributed by atoms with Crippen molar-refractivity contribution >= 4 is 11.4 Å². The van der Waals surface area contributed by atoms with Crippen LogP contribution >= 0.6 is 0 Å². The summed E-state index contributed by atoms with van der Waals surface area (Å²) in [6.07, 6.45) is 0. The van der Waals surface area contributed by atoms with Crippen LogP contribution in [0.25, 0.3) is 0 Å². The van der Waals surface area contributed by atoms with Gasteiger partial charge in [-0.25, -0.2) is 0 Å². The van der Waals surface area contributed by atoms with Gasteiger partial charge in [-0.15, -0.1) is 9.71 Å². The predicted octanol–water partition coefficient (Wildman–Crippen LogP) is 4.96. The molecule has 0 radical (unpaired) electrons. The van der Waals surface area contributed by atoms with E-state index in [1.807, 2.05) is 24.3 Å². The SMILES string of the molecule is c1ccc(C2C[N+](c3ccccc3)=NN2c2ccccc2)cc1. The molecule has 1 aliphatic rings. The van der Waals surface area contributed by atoms with Crippen LogP contribution in [0.15, 0.2) is 96.2 Å². The monoisotopic (exact) mass is 300 g/mol. The van der Waals surface area contributed by atoms with Crippen LogP contribution in [-0.2, 0) is 0 Å². The molecule has 1 heterocycles. The molecular formula is C20H18N3+. The molecule has 3 aromatic carbocycles. The second kappa shape index (κ2) is 6.05. The van der Waals surface area contributed by atoms with E-state index in [1.54, 1.807) is 0 Å². The lowest BCUT2D eigenvalue weighted by Gasteiger charge is -2.14. The van der Waals surface area contributed by atoms with E-state index in [9.17, 15) is 0 Å². The van der Waals surface area contributed by atoms with Crippen LogP contribution in [0.1, 0.15) is 11.6 Å². The molecule has 3 aromatic rings. The normalized spacial score (nSPS) is 17.1. The molecule has 0 aromatic heterocycles. The molecule has 0 aliphatic carbocycles. The Balaban J connectivity index is 1.75. The van der Waals surface area contributed by atoms with Crippen molar-refractivity contribution in [2.75, 3.05) is 11.6 Å². The number of para-hydroxylation sites is 2. The lowest BCUT2D eigenvalue weighted by atomic mass is 10.1. The van der Waals surface area contributed by atoms with E-state index in [0.717, 1.165) is 17.9 Å². The third-order valence-electron chi connectivity index (χ3n) is 4.10. The molecule has 1 atom stereocenters. The molecule has 0 spiro atoms. The van der Waals surface area contributed by atoms with Crippen molar-refractivity contribution in [2.24, 2.45) is 5.22 Å². The minimum absolute atomic E-state index is 0.207. The molecule has 0 bridgehead atoms. The highest BCUT2D eigenvalue weighted by Gasteiger charge is 2.37. The van der Waals surface area contributed by atoms with Gasteiger partial charge in [-0.2, -0.15) is 0 Å². The van der Waals surface area contributed by atoms with Gasteiger partial charge in [0.05, 0.1) is 5.22 Å². The fourth-order valence-electron chi connectivity index (χ4n) is 2.95. The summed E-state index contributed by atoms with van der Waals surface area (Å²) < 4.78 is 2.07. The summed E-state index contributed by atoms with van der Waals surface area (Å²) in [4.78, 5) is 0. The predicted molar refractivity (Wildman–Crippen MR) is 91.8 cm³/mol. The maximum atomic E-state index is 4.85. The van der Waals surface area contributed by atoms with E-state index in [-0.39, 0.29) is 6.04 Å². The lowest BCUT2D eigenvalue weighted by molar-refractivity contribution is -0.499. The molecule has 4 rings (SSSR count). The van der Waals surface area contributed by atoms with Gasteiger partial charge in [0.15, 0.2) is 18.3 Å². The van der Waals surface area contributed by atoms with Crippen molar-refractivity contribution in [3.63, 3.8) is 0 Å². The number of benzene rings is 3. The van der Waals surface area contributed by atoms with Crippen molar-refractivity contribution in [3.05, 3.63) is 96.6 Å². The largest absolute Gasteiger partial charge is 0.188 e. The first-order valence-corrected chi connectivity index (χ1v) is 7.85. The summed E-state index contributed by atoms with van der Waals surface area (Å²) in [5.41, 5.74) is 3.50. The van der Waals surface area contributed by atoms with E-state index in [1.165, 1.54) is 5.56 Å². The first-order valence-electron chi connectivity index (χ1n) is 7.85. The van der Waals surface area contributed by atoms with Gasteiger partial charge < -0.3 is 0 Å². The quantitative estimate of drug-likeness (QED) is 0.625. The Morgan fingerprint density at radius 1 is 0.739 bits per heavy atom. The minimum atomic E-state index is 0.207. The molecule has 3 heteroatoms. The zero-order valence-electron chi connectivity index (χ0n) is 12.8. The second-order valence-corrected chi connectivity index (χ2v) is 5.61. The first kappa shape index (κ1) is 13.7. The molecule has 1 aliphatic heterocycles. The number of anilines is 1. The summed E-state index contributed by atoms with van der Waals surface area (Å²) >= 11 is 0. The Labute approximate surface area is 136 Å². The summed E-state index contributed by atoms with van der Waals surface area (Å²) in [5.74, 6) is 0. The first-order chi connectivity index (χ1) is 11.4. The fraction of sp³-hybridized carbons (Fsp3) is 0.100. The standard InChI is InChI=1S/C20H18N3/c1-4-10-17(11-5-1)20-16-22(18-12-6-2-7-13-18)21-23(20)19-14-8-3-9-15-19/h1-15,20H,16H2/q+1. The Hall–Kier alpha value is -2.94. The molecule has 23 heavy (non-hydrogen) atoms. The number of hydrogen-bond acceptors (Lipinski definition) is 2. The summed E-state index contributed by atoms with van der Waals surface area (Å²) in [6.45, 7) is 0.836. The Morgan fingerprint density at radius 3 is 1.96 bits per heavy atom. The molecular weight excluding hydrogens is 282 g/mol. The smallest absolute Gasteiger partial charge is 0.129 e. The van der Waals surface area contributed by atoms with Gasteiger partial charge in [0.2, 0.25) is 0 Å². The molecule has 3 nitrogen and oxygen atoms in total. The maximum absolute atomic E-state index is 4.85. The number of nitrogens with zero attached hydrogens (tertiary/aromatic N) is 3. The molecule has 0 saturated heterocycles. The van der Waals surface area contributed by atoms with Crippen molar-refractivity contribution < 1.29 is 4.70 Å². The number of rotatable bonds is 3. The van der Waals surface area contributed by atoms with Crippen LogP contribution in [0.2, 0.25) is 0 Å². The van der Waals surface area contributed by atoms with Crippen molar-refractivity contribution in [1.82, 2.24) is 0 Å². The average Bonchev–Trinajstić information content (AvgIpc) is 3.09. The summed E-state index contributed by atoms with van der Waals surface area (Å²) in [7, 11) is 0. The molecule has 112 valence electrons. The van der Waals surface area contributed by atoms with Crippen molar-refractivity contribution in [1.29, 1.82) is 0 Å². The maximum Gasteiger partial charge on any atom is 0.188 e. The summed E-state index contributed by atoms with van der Waals surface area (Å²) in [5, 5.41) is 6.97. The second-order valence-electron chi connectivity index (χ2n) is 5.61. The highest BCUT2D eigenvalue weighted by molar-refractivity contribution is 5.48. The third kappa shape index (κ3) is 2.73. The average molecular weight is 300 g/mol. The van der Waals surface area contributed by atoms with Gasteiger partial charge in [-0.05, 0) is 24.3 Å². The highest BCUT2D eigenvalue weighted by Crippen LogP contribution is 2.34. The Bertz CT molecular complexity index is 798. The highest BCUT2D eigenvalue weighted by atomic mass is 15.6. The van der Waals surface area contributed by atoms with Crippen molar-refractivity contribution in [3.8, 4) is 0 Å². The fourth-order valence-corrected chi connectivity index (χ4v) is 2.95. The molecule has 0 amide bonds. The van der Waals surface area contributed by atoms with Gasteiger partial charge in [-0.3, -0.25) is 0 Å². The van der Waals surface area contributed by atoms with Gasteiger partial charge in [0, 0.05) is 5.56 Å². The zero-order valence-corrected chi connectivity index (χ0v) is 12.8. The van der Waals surface area contributed by atoms with Crippen LogP contribution in [0, 0.1) is 0 Å². The minimum Gasteiger partial charge on any atom is -0.129 e. The number of hydrogen-bond donors (Lipinski definition) is 0. The van der Waals surface area contributed by atoms with Crippen LogP contribution in [0.5, 0.6) is 0 Å². The molecule has 0 fully saturated rings. The lowest BCUT2D eigenvalue weighted by Crippen LogP contribution is -2.20. The van der Waals surface area contributed by atoms with E-state index in [0.29, 0.717) is 0 Å². The van der Waals surface area contributed by atoms with Gasteiger partial charge in [0.25, 0.3) is 0 Å². The molecule has 0 saturated carbocycles. The molecule has 0 N–H and O–H groups in total. The molecule has 1 unspecified atom stereocenters. The van der Waals surface area contributed by atoms with E-state index >= 15 is 0 Å². The Morgan fingerprint density at radius 2 is 1.30 bits per heavy atom. The van der Waals surface area contributed by atoms with Gasteiger partial charge in [0.1, 0.15) is 5.69 Å². The zero-order chi connectivity index (χ0) is 15.5. The van der Waals surface area contributed by atoms with Gasteiger partial charge in [-0.1, -0.05) is 66.7 Å².